The minimum absolute atomic E-state index is 1.14. The van der Waals surface area contributed by atoms with Gasteiger partial charge in [-0.1, -0.05) is 66.0 Å². The lowest BCUT2D eigenvalue weighted by Gasteiger charge is -2.37. The van der Waals surface area contributed by atoms with E-state index in [1.54, 1.807) is 0 Å². The lowest BCUT2D eigenvalue weighted by Crippen LogP contribution is -2.44. The van der Waals surface area contributed by atoms with E-state index in [1.165, 1.54) is 33.2 Å². The highest BCUT2D eigenvalue weighted by Gasteiger charge is 2.26. The highest BCUT2D eigenvalue weighted by molar-refractivity contribution is 8.16. The summed E-state index contributed by atoms with van der Waals surface area (Å²) in [5, 5.41) is 4.03. The fraction of sp³-hybridized carbons (Fsp3) is 0.333. The number of quaternary nitrogens is 1. The van der Waals surface area contributed by atoms with Gasteiger partial charge < -0.3 is 4.48 Å². The number of benzene rings is 2. The molecule has 1 aliphatic heterocycles. The van der Waals surface area contributed by atoms with Crippen molar-refractivity contribution >= 4 is 34.3 Å². The molecule has 0 saturated carbocycles. The average Bonchev–Trinajstić information content (AvgIpc) is 2.40. The van der Waals surface area contributed by atoms with E-state index in [0.29, 0.717) is 0 Å². The fourth-order valence-corrected chi connectivity index (χ4v) is 4.97. The summed E-state index contributed by atoms with van der Waals surface area (Å²) < 4.78 is 1.14. The van der Waals surface area contributed by atoms with Gasteiger partial charge in [0.2, 0.25) is 0 Å². The van der Waals surface area contributed by atoms with Crippen molar-refractivity contribution in [1.82, 2.24) is 0 Å². The number of fused-ring (bicyclic) bond motifs is 1. The molecule has 1 nitrogen and oxygen atoms in total. The largest absolute Gasteiger partial charge is 0.305 e. The van der Waals surface area contributed by atoms with Gasteiger partial charge >= 0.3 is 0 Å². The summed E-state index contributed by atoms with van der Waals surface area (Å²) in [6.45, 7) is 1.14. The molecule has 0 aromatic heterocycles. The first kappa shape index (κ1) is 12.4. The van der Waals surface area contributed by atoms with Crippen LogP contribution in [0.15, 0.2) is 42.5 Å². The standard InChI is InChI=1S/C15H18NS2/c1-16(10-17-12-18-11-16)9-14-7-4-6-13-5-2-3-8-15(13)14/h2-8H,9-12H2,1H3/q+1. The van der Waals surface area contributed by atoms with E-state index in [2.05, 4.69) is 73.0 Å². The zero-order valence-corrected chi connectivity index (χ0v) is 12.3. The van der Waals surface area contributed by atoms with Crippen molar-refractivity contribution in [2.24, 2.45) is 0 Å². The summed E-state index contributed by atoms with van der Waals surface area (Å²) in [7, 11) is 2.38. The molecule has 0 N–H and O–H groups in total. The molecule has 0 bridgehead atoms. The molecule has 18 heavy (non-hydrogen) atoms. The van der Waals surface area contributed by atoms with E-state index in [4.69, 9.17) is 0 Å². The van der Waals surface area contributed by atoms with Crippen LogP contribution >= 0.6 is 23.5 Å². The van der Waals surface area contributed by atoms with Crippen molar-refractivity contribution < 1.29 is 4.48 Å². The number of rotatable bonds is 2. The number of hydrogen-bond acceptors (Lipinski definition) is 2. The van der Waals surface area contributed by atoms with Crippen molar-refractivity contribution in [2.45, 2.75) is 6.54 Å². The van der Waals surface area contributed by atoms with Crippen molar-refractivity contribution in [3.8, 4) is 0 Å². The minimum Gasteiger partial charge on any atom is -0.305 e. The summed E-state index contributed by atoms with van der Waals surface area (Å²) in [6, 6.07) is 15.4. The van der Waals surface area contributed by atoms with Crippen LogP contribution in [0.25, 0.3) is 10.8 Å². The van der Waals surface area contributed by atoms with Crippen molar-refractivity contribution in [3.05, 3.63) is 48.0 Å². The molecule has 0 radical (unpaired) electrons. The Morgan fingerprint density at radius 3 is 2.56 bits per heavy atom. The van der Waals surface area contributed by atoms with Crippen LogP contribution in [0, 0.1) is 0 Å². The maximum Gasteiger partial charge on any atom is 0.127 e. The van der Waals surface area contributed by atoms with Crippen LogP contribution in [0.1, 0.15) is 5.56 Å². The topological polar surface area (TPSA) is 0 Å². The zero-order valence-electron chi connectivity index (χ0n) is 10.6. The molecule has 2 aromatic carbocycles. The normalized spacial score (nSPS) is 18.9. The summed E-state index contributed by atoms with van der Waals surface area (Å²) in [5.41, 5.74) is 1.48. The second-order valence-electron chi connectivity index (χ2n) is 5.20. The van der Waals surface area contributed by atoms with Gasteiger partial charge in [0.1, 0.15) is 18.3 Å². The zero-order chi connectivity index (χ0) is 12.4. The molecule has 94 valence electrons. The smallest absolute Gasteiger partial charge is 0.127 e. The van der Waals surface area contributed by atoms with Gasteiger partial charge in [-0.05, 0) is 10.8 Å². The first-order valence-corrected chi connectivity index (χ1v) is 8.53. The molecule has 0 aliphatic carbocycles. The Morgan fingerprint density at radius 1 is 1.00 bits per heavy atom. The van der Waals surface area contributed by atoms with Gasteiger partial charge in [0.05, 0.1) is 7.05 Å². The molecule has 3 rings (SSSR count). The monoisotopic (exact) mass is 276 g/mol. The maximum absolute atomic E-state index is 2.38. The molecular formula is C15H18NS2+. The Kier molecular flexibility index (Phi) is 3.55. The molecule has 2 aromatic rings. The Labute approximate surface area is 117 Å². The summed E-state index contributed by atoms with van der Waals surface area (Å²) in [6.07, 6.45) is 0. The van der Waals surface area contributed by atoms with Crippen molar-refractivity contribution in [1.29, 1.82) is 0 Å². The first-order chi connectivity index (χ1) is 8.77. The lowest BCUT2D eigenvalue weighted by molar-refractivity contribution is -0.898. The van der Waals surface area contributed by atoms with Crippen LogP contribution in [-0.2, 0) is 6.54 Å². The van der Waals surface area contributed by atoms with Crippen molar-refractivity contribution in [3.63, 3.8) is 0 Å². The molecule has 1 aliphatic rings. The van der Waals surface area contributed by atoms with Gasteiger partial charge in [0, 0.05) is 10.6 Å². The van der Waals surface area contributed by atoms with E-state index in [0.717, 1.165) is 11.0 Å². The average molecular weight is 276 g/mol. The predicted octanol–water partition coefficient (Wildman–Crippen LogP) is 4.14. The van der Waals surface area contributed by atoms with Gasteiger partial charge in [-0.2, -0.15) is 0 Å². The summed E-state index contributed by atoms with van der Waals surface area (Å²) in [5.74, 6) is 2.46. The summed E-state index contributed by atoms with van der Waals surface area (Å²) in [4.78, 5) is 0. The summed E-state index contributed by atoms with van der Waals surface area (Å²) >= 11 is 4.12. The third kappa shape index (κ3) is 2.53. The molecule has 1 fully saturated rings. The van der Waals surface area contributed by atoms with Crippen LogP contribution in [0.5, 0.6) is 0 Å². The molecule has 0 amide bonds. The molecule has 0 unspecified atom stereocenters. The van der Waals surface area contributed by atoms with E-state index < -0.39 is 0 Å². The molecule has 0 atom stereocenters. The highest BCUT2D eigenvalue weighted by Crippen LogP contribution is 2.30. The molecular weight excluding hydrogens is 258 g/mol. The van der Waals surface area contributed by atoms with Crippen LogP contribution < -0.4 is 0 Å². The van der Waals surface area contributed by atoms with Gasteiger partial charge in [-0.3, -0.25) is 0 Å². The van der Waals surface area contributed by atoms with Gasteiger partial charge in [-0.25, -0.2) is 0 Å². The minimum atomic E-state index is 1.14. The lowest BCUT2D eigenvalue weighted by atomic mass is 10.0. The number of nitrogens with zero attached hydrogens (tertiary/aromatic N) is 1. The maximum atomic E-state index is 2.38. The number of thioether (sulfide) groups is 2. The number of hydrogen-bond donors (Lipinski definition) is 0. The Bertz CT molecular complexity index is 542. The quantitative estimate of drug-likeness (QED) is 0.756. The fourth-order valence-electron chi connectivity index (χ4n) is 2.54. The van der Waals surface area contributed by atoms with Gasteiger partial charge in [0.15, 0.2) is 0 Å². The van der Waals surface area contributed by atoms with Gasteiger partial charge in [0.25, 0.3) is 0 Å². The van der Waals surface area contributed by atoms with Crippen LogP contribution in [0.2, 0.25) is 0 Å². The predicted molar refractivity (Wildman–Crippen MR) is 83.6 cm³/mol. The van der Waals surface area contributed by atoms with Gasteiger partial charge in [-0.15, -0.1) is 0 Å². The SMILES string of the molecule is C[N+]1(Cc2cccc3ccccc23)CSCSC1. The Balaban J connectivity index is 1.94. The van der Waals surface area contributed by atoms with E-state index in [1.807, 2.05) is 0 Å². The highest BCUT2D eigenvalue weighted by atomic mass is 32.2. The third-order valence-corrected chi connectivity index (χ3v) is 6.35. The molecule has 0 spiro atoms. The van der Waals surface area contributed by atoms with Crippen LogP contribution in [-0.4, -0.2) is 28.4 Å². The third-order valence-electron chi connectivity index (χ3n) is 3.40. The Morgan fingerprint density at radius 2 is 1.72 bits per heavy atom. The second-order valence-corrected chi connectivity index (χ2v) is 7.48. The van der Waals surface area contributed by atoms with Crippen LogP contribution in [0.4, 0.5) is 0 Å². The first-order valence-electron chi connectivity index (χ1n) is 6.23. The molecule has 1 heterocycles. The molecule has 3 heteroatoms. The van der Waals surface area contributed by atoms with E-state index in [-0.39, 0.29) is 0 Å². The van der Waals surface area contributed by atoms with E-state index >= 15 is 0 Å². The Hall–Kier alpha value is -0.640. The van der Waals surface area contributed by atoms with E-state index in [9.17, 15) is 0 Å². The van der Waals surface area contributed by atoms with Crippen LogP contribution in [0.3, 0.4) is 0 Å². The molecule has 1 saturated heterocycles. The second kappa shape index (κ2) is 5.16. The van der Waals surface area contributed by atoms with Crippen molar-refractivity contribution in [2.75, 3.05) is 23.9 Å².